The summed E-state index contributed by atoms with van der Waals surface area (Å²) in [4.78, 5) is 11.9. The third kappa shape index (κ3) is 3.02. The Balaban J connectivity index is 2.12. The number of esters is 1. The van der Waals surface area contributed by atoms with E-state index in [1.54, 1.807) is 31.2 Å². The normalized spacial score (nSPS) is 20.0. The Morgan fingerprint density at radius 2 is 2.00 bits per heavy atom. The summed E-state index contributed by atoms with van der Waals surface area (Å²) >= 11 is 0. The van der Waals surface area contributed by atoms with Crippen molar-refractivity contribution in [3.63, 3.8) is 0 Å². The van der Waals surface area contributed by atoms with Crippen LogP contribution in [0.2, 0.25) is 0 Å². The Labute approximate surface area is 119 Å². The van der Waals surface area contributed by atoms with Gasteiger partial charge in [0.15, 0.2) is 0 Å². The minimum atomic E-state index is -3.51. The molecule has 0 N–H and O–H groups in total. The van der Waals surface area contributed by atoms with E-state index >= 15 is 0 Å². The summed E-state index contributed by atoms with van der Waals surface area (Å²) in [6.45, 7) is 4.53. The van der Waals surface area contributed by atoms with Crippen LogP contribution in [0.4, 0.5) is 0 Å². The highest BCUT2D eigenvalue weighted by Gasteiger charge is 2.36. The van der Waals surface area contributed by atoms with Crippen LogP contribution in [0.15, 0.2) is 29.2 Å². The molecule has 1 saturated heterocycles. The number of benzene rings is 1. The summed E-state index contributed by atoms with van der Waals surface area (Å²) in [6.07, 6.45) is 0.518. The van der Waals surface area contributed by atoms with Crippen molar-refractivity contribution in [3.05, 3.63) is 29.8 Å². The van der Waals surface area contributed by atoms with Crippen LogP contribution >= 0.6 is 0 Å². The molecule has 1 atom stereocenters. The highest BCUT2D eigenvalue weighted by Crippen LogP contribution is 2.25. The van der Waals surface area contributed by atoms with Gasteiger partial charge in [0, 0.05) is 13.1 Å². The number of aryl methyl sites for hydroxylation is 1. The molecule has 110 valence electrons. The molecule has 1 aromatic carbocycles. The van der Waals surface area contributed by atoms with Crippen molar-refractivity contribution in [3.8, 4) is 0 Å². The van der Waals surface area contributed by atoms with Gasteiger partial charge in [-0.25, -0.2) is 8.42 Å². The van der Waals surface area contributed by atoms with Gasteiger partial charge in [0.25, 0.3) is 0 Å². The molecule has 0 bridgehead atoms. The van der Waals surface area contributed by atoms with Gasteiger partial charge < -0.3 is 4.74 Å². The standard InChI is InChI=1S/C14H19NO4S/c1-3-19-14(16)12-8-9-15(10-12)20(17,18)13-6-4-11(2)5-7-13/h4-7,12H,3,8-10H2,1-2H3. The predicted octanol–water partition coefficient (Wildman–Crippen LogP) is 1.57. The Hall–Kier alpha value is -1.40. The SMILES string of the molecule is CCOC(=O)C1CCN(S(=O)(=O)c2ccc(C)cc2)C1. The average Bonchev–Trinajstić information content (AvgIpc) is 2.90. The van der Waals surface area contributed by atoms with Crippen LogP contribution < -0.4 is 0 Å². The molecule has 0 aliphatic carbocycles. The van der Waals surface area contributed by atoms with Gasteiger partial charge in [-0.15, -0.1) is 0 Å². The van der Waals surface area contributed by atoms with E-state index in [9.17, 15) is 13.2 Å². The van der Waals surface area contributed by atoms with Crippen LogP contribution in [-0.2, 0) is 19.6 Å². The Morgan fingerprint density at radius 3 is 2.60 bits per heavy atom. The van der Waals surface area contributed by atoms with Crippen molar-refractivity contribution < 1.29 is 17.9 Å². The lowest BCUT2D eigenvalue weighted by atomic mass is 10.1. The van der Waals surface area contributed by atoms with Gasteiger partial charge in [-0.2, -0.15) is 4.31 Å². The highest BCUT2D eigenvalue weighted by atomic mass is 32.2. The first-order valence-electron chi connectivity index (χ1n) is 6.68. The number of carbonyl (C=O) groups is 1. The predicted molar refractivity (Wildman–Crippen MR) is 74.7 cm³/mol. The molecular weight excluding hydrogens is 278 g/mol. The lowest BCUT2D eigenvalue weighted by Crippen LogP contribution is -2.30. The summed E-state index contributed by atoms with van der Waals surface area (Å²) in [5.74, 6) is -0.663. The van der Waals surface area contributed by atoms with E-state index in [1.807, 2.05) is 6.92 Å². The van der Waals surface area contributed by atoms with Crippen molar-refractivity contribution in [2.24, 2.45) is 5.92 Å². The zero-order chi connectivity index (χ0) is 14.8. The maximum absolute atomic E-state index is 12.4. The number of ether oxygens (including phenoxy) is 1. The molecule has 1 aromatic rings. The number of rotatable bonds is 4. The van der Waals surface area contributed by atoms with Crippen molar-refractivity contribution in [2.75, 3.05) is 19.7 Å². The van der Waals surface area contributed by atoms with Gasteiger partial charge in [-0.1, -0.05) is 17.7 Å². The summed E-state index contributed by atoms with van der Waals surface area (Å²) in [6, 6.07) is 6.74. The topological polar surface area (TPSA) is 63.7 Å². The number of nitrogens with zero attached hydrogens (tertiary/aromatic N) is 1. The first-order chi connectivity index (χ1) is 9.45. The molecular formula is C14H19NO4S. The van der Waals surface area contributed by atoms with E-state index in [-0.39, 0.29) is 23.3 Å². The van der Waals surface area contributed by atoms with E-state index in [0.29, 0.717) is 19.6 Å². The second kappa shape index (κ2) is 5.93. The summed E-state index contributed by atoms with van der Waals surface area (Å²) < 4.78 is 31.2. The summed E-state index contributed by atoms with van der Waals surface area (Å²) in [7, 11) is -3.51. The lowest BCUT2D eigenvalue weighted by Gasteiger charge is -2.16. The highest BCUT2D eigenvalue weighted by molar-refractivity contribution is 7.89. The number of carbonyl (C=O) groups excluding carboxylic acids is 1. The second-order valence-corrected chi connectivity index (χ2v) is 6.85. The molecule has 1 heterocycles. The van der Waals surface area contributed by atoms with Crippen LogP contribution in [0.1, 0.15) is 18.9 Å². The molecule has 1 fully saturated rings. The van der Waals surface area contributed by atoms with Gasteiger partial charge in [-0.05, 0) is 32.4 Å². The number of hydrogen-bond donors (Lipinski definition) is 0. The minimum absolute atomic E-state index is 0.203. The van der Waals surface area contributed by atoms with Crippen molar-refractivity contribution >= 4 is 16.0 Å². The fourth-order valence-corrected chi connectivity index (χ4v) is 3.76. The van der Waals surface area contributed by atoms with E-state index in [4.69, 9.17) is 4.74 Å². The first kappa shape index (κ1) is 15.0. The van der Waals surface area contributed by atoms with Crippen molar-refractivity contribution in [2.45, 2.75) is 25.2 Å². The molecule has 1 unspecified atom stereocenters. The van der Waals surface area contributed by atoms with Crippen LogP contribution in [-0.4, -0.2) is 38.4 Å². The molecule has 5 nitrogen and oxygen atoms in total. The molecule has 2 rings (SSSR count). The van der Waals surface area contributed by atoms with E-state index in [2.05, 4.69) is 0 Å². The number of sulfonamides is 1. The third-order valence-electron chi connectivity index (χ3n) is 3.43. The zero-order valence-corrected chi connectivity index (χ0v) is 12.5. The van der Waals surface area contributed by atoms with Gasteiger partial charge in [0.2, 0.25) is 10.0 Å². The smallest absolute Gasteiger partial charge is 0.310 e. The van der Waals surface area contributed by atoms with E-state index in [0.717, 1.165) is 5.56 Å². The average molecular weight is 297 g/mol. The van der Waals surface area contributed by atoms with Crippen molar-refractivity contribution in [1.29, 1.82) is 0 Å². The summed E-state index contributed by atoms with van der Waals surface area (Å²) in [5.41, 5.74) is 1.01. The minimum Gasteiger partial charge on any atom is -0.466 e. The van der Waals surface area contributed by atoms with Gasteiger partial charge in [0.05, 0.1) is 17.4 Å². The van der Waals surface area contributed by atoms with Crippen molar-refractivity contribution in [1.82, 2.24) is 4.31 Å². The van der Waals surface area contributed by atoms with Gasteiger partial charge in [0.1, 0.15) is 0 Å². The maximum atomic E-state index is 12.4. The van der Waals surface area contributed by atoms with E-state index < -0.39 is 10.0 Å². The molecule has 0 saturated carbocycles. The maximum Gasteiger partial charge on any atom is 0.310 e. The molecule has 0 aromatic heterocycles. The Kier molecular flexibility index (Phi) is 4.45. The quantitative estimate of drug-likeness (QED) is 0.791. The Bertz CT molecular complexity index is 580. The Morgan fingerprint density at radius 1 is 1.35 bits per heavy atom. The number of hydrogen-bond acceptors (Lipinski definition) is 4. The fraction of sp³-hybridized carbons (Fsp3) is 0.500. The van der Waals surface area contributed by atoms with E-state index in [1.165, 1.54) is 4.31 Å². The molecule has 6 heteroatoms. The monoisotopic (exact) mass is 297 g/mol. The summed E-state index contributed by atoms with van der Waals surface area (Å²) in [5, 5.41) is 0. The molecule has 20 heavy (non-hydrogen) atoms. The zero-order valence-electron chi connectivity index (χ0n) is 11.7. The second-order valence-electron chi connectivity index (χ2n) is 4.91. The van der Waals surface area contributed by atoms with Crippen LogP contribution in [0.25, 0.3) is 0 Å². The van der Waals surface area contributed by atoms with Gasteiger partial charge in [-0.3, -0.25) is 4.79 Å². The third-order valence-corrected chi connectivity index (χ3v) is 5.31. The largest absolute Gasteiger partial charge is 0.466 e. The fourth-order valence-electron chi connectivity index (χ4n) is 2.26. The molecule has 1 aliphatic heterocycles. The molecule has 0 spiro atoms. The molecule has 1 aliphatic rings. The van der Waals surface area contributed by atoms with Crippen LogP contribution in [0.5, 0.6) is 0 Å². The first-order valence-corrected chi connectivity index (χ1v) is 8.12. The van der Waals surface area contributed by atoms with Gasteiger partial charge >= 0.3 is 5.97 Å². The van der Waals surface area contributed by atoms with Crippen LogP contribution in [0, 0.1) is 12.8 Å². The molecule has 0 amide bonds. The van der Waals surface area contributed by atoms with Crippen LogP contribution in [0.3, 0.4) is 0 Å². The lowest BCUT2D eigenvalue weighted by molar-refractivity contribution is -0.147. The molecule has 0 radical (unpaired) electrons.